The van der Waals surface area contributed by atoms with Crippen LogP contribution in [0.5, 0.6) is 0 Å². The van der Waals surface area contributed by atoms with Crippen LogP contribution in [0.15, 0.2) is 29.3 Å². The fraction of sp³-hybridized carbons (Fsp3) is 0.588. The maximum atomic E-state index is 13.2. The molecule has 0 spiro atoms. The Labute approximate surface area is 138 Å². The third-order valence-corrected chi connectivity index (χ3v) is 3.91. The average molecular weight is 322 g/mol. The van der Waals surface area contributed by atoms with E-state index in [0.29, 0.717) is 6.54 Å². The van der Waals surface area contributed by atoms with E-state index in [4.69, 9.17) is 9.73 Å². The van der Waals surface area contributed by atoms with Crippen LogP contribution >= 0.6 is 0 Å². The predicted molar refractivity (Wildman–Crippen MR) is 91.2 cm³/mol. The van der Waals surface area contributed by atoms with Gasteiger partial charge in [-0.05, 0) is 24.6 Å². The number of hydrogen-bond donors (Lipinski definition) is 1. The highest BCUT2D eigenvalue weighted by Crippen LogP contribution is 2.22. The second-order valence-corrected chi connectivity index (χ2v) is 5.80. The molecule has 0 radical (unpaired) electrons. The quantitative estimate of drug-likeness (QED) is 0.662. The van der Waals surface area contributed by atoms with Gasteiger partial charge in [0.15, 0.2) is 5.96 Å². The zero-order chi connectivity index (χ0) is 16.7. The largest absolute Gasteiger partial charge is 0.379 e. The fourth-order valence-corrected chi connectivity index (χ4v) is 2.69. The van der Waals surface area contributed by atoms with Gasteiger partial charge in [0.2, 0.25) is 0 Å². The molecule has 0 amide bonds. The Kier molecular flexibility index (Phi) is 6.80. The molecule has 0 aliphatic carbocycles. The van der Waals surface area contributed by atoms with Gasteiger partial charge in [-0.3, -0.25) is 9.89 Å². The lowest BCUT2D eigenvalue weighted by Gasteiger charge is -2.34. The Morgan fingerprint density at radius 1 is 1.30 bits per heavy atom. The Morgan fingerprint density at radius 2 is 1.96 bits per heavy atom. The molecule has 1 aromatic rings. The van der Waals surface area contributed by atoms with Crippen molar-refractivity contribution in [2.75, 3.05) is 53.5 Å². The van der Waals surface area contributed by atoms with E-state index in [1.54, 1.807) is 0 Å². The first kappa shape index (κ1) is 17.7. The summed E-state index contributed by atoms with van der Waals surface area (Å²) >= 11 is 0. The molecule has 1 heterocycles. The summed E-state index contributed by atoms with van der Waals surface area (Å²) in [7, 11) is 3.95. The molecule has 1 saturated heterocycles. The van der Waals surface area contributed by atoms with Crippen LogP contribution in [0.1, 0.15) is 18.5 Å². The van der Waals surface area contributed by atoms with Gasteiger partial charge < -0.3 is 15.0 Å². The summed E-state index contributed by atoms with van der Waals surface area (Å²) in [6, 6.07) is 6.88. The van der Waals surface area contributed by atoms with E-state index in [1.807, 2.05) is 31.1 Å². The molecule has 128 valence electrons. The smallest absolute Gasteiger partial charge is 0.193 e. The summed E-state index contributed by atoms with van der Waals surface area (Å²) in [5.41, 5.74) is 1.09. The molecule has 0 aromatic heterocycles. The number of nitrogens with one attached hydrogen (secondary N) is 1. The molecule has 1 atom stereocenters. The molecule has 23 heavy (non-hydrogen) atoms. The lowest BCUT2D eigenvalue weighted by Crippen LogP contribution is -2.41. The van der Waals surface area contributed by atoms with Gasteiger partial charge in [-0.2, -0.15) is 0 Å². The highest BCUT2D eigenvalue weighted by molar-refractivity contribution is 5.79. The molecule has 1 N–H and O–H groups in total. The maximum absolute atomic E-state index is 13.2. The third kappa shape index (κ3) is 5.18. The Hall–Kier alpha value is -1.66. The predicted octanol–water partition coefficient (Wildman–Crippen LogP) is 1.73. The van der Waals surface area contributed by atoms with E-state index in [0.717, 1.165) is 44.4 Å². The fourth-order valence-electron chi connectivity index (χ4n) is 2.69. The van der Waals surface area contributed by atoms with E-state index < -0.39 is 0 Å². The topological polar surface area (TPSA) is 40.1 Å². The van der Waals surface area contributed by atoms with Crippen LogP contribution in [0.3, 0.4) is 0 Å². The Balaban J connectivity index is 2.18. The number of ether oxygens (including phenoxy) is 1. The van der Waals surface area contributed by atoms with E-state index in [2.05, 4.69) is 17.1 Å². The van der Waals surface area contributed by atoms with Gasteiger partial charge in [0.1, 0.15) is 5.82 Å². The molecule has 0 saturated carbocycles. The molecule has 1 aliphatic heterocycles. The molecule has 5 nitrogen and oxygen atoms in total. The van der Waals surface area contributed by atoms with Crippen molar-refractivity contribution in [2.24, 2.45) is 4.99 Å². The number of nitrogens with zero attached hydrogens (tertiary/aromatic N) is 3. The lowest BCUT2D eigenvalue weighted by molar-refractivity contribution is 0.0179. The molecule has 1 fully saturated rings. The molecular formula is C17H27FN4O. The van der Waals surface area contributed by atoms with Gasteiger partial charge in [0.05, 0.1) is 25.8 Å². The normalized spacial score (nSPS) is 17.8. The number of halogens is 1. The number of hydrogen-bond acceptors (Lipinski definition) is 3. The van der Waals surface area contributed by atoms with Crippen molar-refractivity contribution in [1.29, 1.82) is 0 Å². The minimum absolute atomic E-state index is 0.133. The van der Waals surface area contributed by atoms with E-state index in [-0.39, 0.29) is 11.9 Å². The Morgan fingerprint density at radius 3 is 2.52 bits per heavy atom. The van der Waals surface area contributed by atoms with Crippen molar-refractivity contribution in [2.45, 2.75) is 13.0 Å². The van der Waals surface area contributed by atoms with Crippen molar-refractivity contribution in [1.82, 2.24) is 15.1 Å². The van der Waals surface area contributed by atoms with Crippen LogP contribution in [-0.2, 0) is 4.74 Å². The third-order valence-electron chi connectivity index (χ3n) is 3.91. The monoisotopic (exact) mass is 322 g/mol. The van der Waals surface area contributed by atoms with Gasteiger partial charge in [-0.25, -0.2) is 4.39 Å². The van der Waals surface area contributed by atoms with Crippen LogP contribution in [0.2, 0.25) is 0 Å². The molecule has 1 aliphatic rings. The van der Waals surface area contributed by atoms with Gasteiger partial charge in [-0.15, -0.1) is 0 Å². The second-order valence-electron chi connectivity index (χ2n) is 5.80. The van der Waals surface area contributed by atoms with Crippen molar-refractivity contribution in [3.63, 3.8) is 0 Å². The first-order valence-electron chi connectivity index (χ1n) is 8.14. The zero-order valence-corrected chi connectivity index (χ0v) is 14.3. The summed E-state index contributed by atoms with van der Waals surface area (Å²) in [6.07, 6.45) is 0. The second kappa shape index (κ2) is 8.84. The summed E-state index contributed by atoms with van der Waals surface area (Å²) in [5, 5.41) is 3.27. The number of rotatable bonds is 5. The average Bonchev–Trinajstić information content (AvgIpc) is 2.56. The molecule has 2 rings (SSSR count). The van der Waals surface area contributed by atoms with Crippen LogP contribution in [0, 0.1) is 5.82 Å². The first-order chi connectivity index (χ1) is 11.1. The molecule has 1 aromatic carbocycles. The molecule has 1 unspecified atom stereocenters. The lowest BCUT2D eigenvalue weighted by atomic mass is 10.0. The van der Waals surface area contributed by atoms with Crippen molar-refractivity contribution < 1.29 is 9.13 Å². The van der Waals surface area contributed by atoms with E-state index >= 15 is 0 Å². The first-order valence-corrected chi connectivity index (χ1v) is 8.14. The van der Waals surface area contributed by atoms with Crippen molar-refractivity contribution in [3.8, 4) is 0 Å². The van der Waals surface area contributed by atoms with E-state index in [9.17, 15) is 4.39 Å². The summed E-state index contributed by atoms with van der Waals surface area (Å²) in [4.78, 5) is 9.08. The van der Waals surface area contributed by atoms with Crippen molar-refractivity contribution >= 4 is 5.96 Å². The number of morpholine rings is 1. The maximum Gasteiger partial charge on any atom is 0.193 e. The minimum Gasteiger partial charge on any atom is -0.379 e. The molecule has 0 bridgehead atoms. The van der Waals surface area contributed by atoms with Crippen molar-refractivity contribution in [3.05, 3.63) is 35.6 Å². The van der Waals surface area contributed by atoms with E-state index in [1.165, 1.54) is 12.1 Å². The van der Waals surface area contributed by atoms with Gasteiger partial charge in [0.25, 0.3) is 0 Å². The highest BCUT2D eigenvalue weighted by Gasteiger charge is 2.22. The molecule has 6 heteroatoms. The molecular weight excluding hydrogens is 295 g/mol. The summed E-state index contributed by atoms with van der Waals surface area (Å²) in [5.74, 6) is 0.660. The number of guanidine groups is 1. The summed E-state index contributed by atoms with van der Waals surface area (Å²) in [6.45, 7) is 6.72. The Bertz CT molecular complexity index is 498. The van der Waals surface area contributed by atoms with Gasteiger partial charge >= 0.3 is 0 Å². The zero-order valence-electron chi connectivity index (χ0n) is 14.3. The van der Waals surface area contributed by atoms with Crippen LogP contribution in [0.4, 0.5) is 4.39 Å². The van der Waals surface area contributed by atoms with Crippen LogP contribution in [0.25, 0.3) is 0 Å². The van der Waals surface area contributed by atoms with Crippen LogP contribution < -0.4 is 5.32 Å². The minimum atomic E-state index is -0.209. The standard InChI is InChI=1S/C17H27FN4O/c1-4-19-17(21(2)3)20-13-16(22-9-11-23-12-10-22)14-5-7-15(18)8-6-14/h5-8,16H,4,9-13H2,1-3H3,(H,19,20). The van der Waals surface area contributed by atoms with Gasteiger partial charge in [-0.1, -0.05) is 12.1 Å². The van der Waals surface area contributed by atoms with Crippen LogP contribution in [-0.4, -0.2) is 69.2 Å². The van der Waals surface area contributed by atoms with Gasteiger partial charge in [0, 0.05) is 33.7 Å². The number of benzene rings is 1. The SMILES string of the molecule is CCNC(=NCC(c1ccc(F)cc1)N1CCOCC1)N(C)C. The number of aliphatic imine (C=N–C) groups is 1. The summed E-state index contributed by atoms with van der Waals surface area (Å²) < 4.78 is 18.7. The highest BCUT2D eigenvalue weighted by atomic mass is 19.1.